The summed E-state index contributed by atoms with van der Waals surface area (Å²) >= 11 is 0. The Kier molecular flexibility index (Phi) is 5.46. The zero-order valence-corrected chi connectivity index (χ0v) is 12.1. The monoisotopic (exact) mass is 323 g/mol. The van der Waals surface area contributed by atoms with E-state index in [1.54, 1.807) is 0 Å². The van der Waals surface area contributed by atoms with Crippen LogP contribution in [0.2, 0.25) is 0 Å². The van der Waals surface area contributed by atoms with Gasteiger partial charge in [0, 0.05) is 6.42 Å². The van der Waals surface area contributed by atoms with E-state index in [0.717, 1.165) is 12.1 Å². The van der Waals surface area contributed by atoms with Crippen LogP contribution in [0.3, 0.4) is 0 Å². The number of aromatic carboxylic acids is 1. The quantitative estimate of drug-likeness (QED) is 0.821. The minimum atomic E-state index is -1.17. The predicted octanol–water partition coefficient (Wildman–Crippen LogP) is 2.90. The Hall–Kier alpha value is -2.70. The first-order valence-corrected chi connectivity index (χ1v) is 6.98. The van der Waals surface area contributed by atoms with Gasteiger partial charge in [0.15, 0.2) is 11.6 Å². The third-order valence-corrected chi connectivity index (χ3v) is 3.19. The number of nitrogens with one attached hydrogen (secondary N) is 1. The van der Waals surface area contributed by atoms with Crippen molar-refractivity contribution in [1.29, 1.82) is 0 Å². The Labute approximate surface area is 130 Å². The van der Waals surface area contributed by atoms with Gasteiger partial charge in [0.2, 0.25) is 11.7 Å². The molecular weight excluding hydrogens is 308 g/mol. The lowest BCUT2D eigenvalue weighted by molar-refractivity contribution is -0.121. The molecule has 2 aromatic rings. The number of hydrogen-bond acceptors (Lipinski definition) is 3. The minimum Gasteiger partial charge on any atom is -0.475 e. The third-order valence-electron chi connectivity index (χ3n) is 3.19. The number of carbonyl (C=O) groups excluding carboxylic acids is 1. The van der Waals surface area contributed by atoms with Crippen LogP contribution in [0.4, 0.5) is 8.78 Å². The first-order valence-electron chi connectivity index (χ1n) is 6.98. The largest absolute Gasteiger partial charge is 0.475 e. The van der Waals surface area contributed by atoms with Crippen LogP contribution in [0.5, 0.6) is 0 Å². The Morgan fingerprint density at radius 2 is 1.91 bits per heavy atom. The van der Waals surface area contributed by atoms with E-state index in [1.807, 2.05) is 0 Å². The number of halogens is 2. The van der Waals surface area contributed by atoms with Gasteiger partial charge < -0.3 is 14.8 Å². The Morgan fingerprint density at radius 3 is 2.57 bits per heavy atom. The average molecular weight is 323 g/mol. The molecule has 2 N–H and O–H groups in total. The molecule has 1 aromatic carbocycles. The molecule has 0 fully saturated rings. The summed E-state index contributed by atoms with van der Waals surface area (Å²) in [6.45, 7) is 0.0945. The lowest BCUT2D eigenvalue weighted by Gasteiger charge is -2.04. The number of amides is 1. The summed E-state index contributed by atoms with van der Waals surface area (Å²) in [6.07, 6.45) is 1.15. The van der Waals surface area contributed by atoms with Crippen LogP contribution in [0.15, 0.2) is 34.7 Å². The maximum absolute atomic E-state index is 13.0. The molecule has 122 valence electrons. The van der Waals surface area contributed by atoms with E-state index in [2.05, 4.69) is 5.32 Å². The molecule has 1 amide bonds. The van der Waals surface area contributed by atoms with Crippen molar-refractivity contribution in [2.75, 3.05) is 0 Å². The van der Waals surface area contributed by atoms with E-state index in [4.69, 9.17) is 9.52 Å². The molecule has 5 nitrogen and oxygen atoms in total. The van der Waals surface area contributed by atoms with Crippen LogP contribution in [0.25, 0.3) is 0 Å². The van der Waals surface area contributed by atoms with Crippen LogP contribution >= 0.6 is 0 Å². The first-order chi connectivity index (χ1) is 11.0. The smallest absolute Gasteiger partial charge is 0.371 e. The zero-order valence-electron chi connectivity index (χ0n) is 12.1. The van der Waals surface area contributed by atoms with Crippen LogP contribution < -0.4 is 5.32 Å². The maximum Gasteiger partial charge on any atom is 0.371 e. The van der Waals surface area contributed by atoms with Crippen LogP contribution in [0.1, 0.15) is 34.7 Å². The van der Waals surface area contributed by atoms with Crippen LogP contribution in [-0.4, -0.2) is 17.0 Å². The zero-order chi connectivity index (χ0) is 16.8. The number of aryl methyl sites for hydroxylation is 1. The van der Waals surface area contributed by atoms with Gasteiger partial charge in [0.1, 0.15) is 5.76 Å². The highest BCUT2D eigenvalue weighted by molar-refractivity contribution is 5.84. The molecule has 0 saturated carbocycles. The summed E-state index contributed by atoms with van der Waals surface area (Å²) in [5, 5.41) is 11.3. The molecule has 0 aliphatic carbocycles. The van der Waals surface area contributed by atoms with Crippen molar-refractivity contribution in [2.24, 2.45) is 0 Å². The van der Waals surface area contributed by atoms with Crippen molar-refractivity contribution in [3.63, 3.8) is 0 Å². The second-order valence-electron chi connectivity index (χ2n) is 4.95. The van der Waals surface area contributed by atoms with Crippen molar-refractivity contribution in [1.82, 2.24) is 5.32 Å². The van der Waals surface area contributed by atoms with E-state index in [-0.39, 0.29) is 24.6 Å². The summed E-state index contributed by atoms with van der Waals surface area (Å²) in [6, 6.07) is 6.44. The number of carbonyl (C=O) groups is 2. The molecule has 0 aliphatic rings. The molecule has 0 aliphatic heterocycles. The normalized spacial score (nSPS) is 10.5. The Balaban J connectivity index is 1.72. The maximum atomic E-state index is 13.0. The summed E-state index contributed by atoms with van der Waals surface area (Å²) in [7, 11) is 0. The molecule has 23 heavy (non-hydrogen) atoms. The highest BCUT2D eigenvalue weighted by atomic mass is 19.2. The molecule has 0 unspecified atom stereocenters. The van der Waals surface area contributed by atoms with Gasteiger partial charge in [-0.1, -0.05) is 6.07 Å². The molecule has 7 heteroatoms. The van der Waals surface area contributed by atoms with Crippen molar-refractivity contribution in [3.05, 3.63) is 59.1 Å². The fraction of sp³-hybridized carbons (Fsp3) is 0.250. The second kappa shape index (κ2) is 7.53. The van der Waals surface area contributed by atoms with E-state index in [9.17, 15) is 18.4 Å². The fourth-order valence-electron chi connectivity index (χ4n) is 2.01. The van der Waals surface area contributed by atoms with E-state index in [0.29, 0.717) is 24.2 Å². The van der Waals surface area contributed by atoms with Gasteiger partial charge in [-0.3, -0.25) is 4.79 Å². The van der Waals surface area contributed by atoms with E-state index in [1.165, 1.54) is 18.2 Å². The number of rotatable bonds is 7. The van der Waals surface area contributed by atoms with Gasteiger partial charge in [-0.05, 0) is 42.7 Å². The predicted molar refractivity (Wildman–Crippen MR) is 76.8 cm³/mol. The van der Waals surface area contributed by atoms with Crippen molar-refractivity contribution in [3.8, 4) is 0 Å². The molecule has 0 spiro atoms. The highest BCUT2D eigenvalue weighted by Gasteiger charge is 2.10. The molecule has 0 bridgehead atoms. The molecule has 1 heterocycles. The van der Waals surface area contributed by atoms with Crippen LogP contribution in [0, 0.1) is 11.6 Å². The standard InChI is InChI=1S/C16H15F2NO4/c17-12-6-4-10(8-13(12)18)2-1-3-15(20)19-9-11-5-7-14(23-11)16(21)22/h4-8H,1-3,9H2,(H,19,20)(H,21,22). The first kappa shape index (κ1) is 16.7. The third kappa shape index (κ3) is 4.91. The average Bonchev–Trinajstić information content (AvgIpc) is 2.98. The molecule has 0 radical (unpaired) electrons. The van der Waals surface area contributed by atoms with Crippen molar-refractivity contribution >= 4 is 11.9 Å². The summed E-state index contributed by atoms with van der Waals surface area (Å²) in [5.41, 5.74) is 0.619. The summed E-state index contributed by atoms with van der Waals surface area (Å²) in [5.74, 6) is -3.05. The molecule has 0 atom stereocenters. The number of carboxylic acids is 1. The molecule has 0 saturated heterocycles. The van der Waals surface area contributed by atoms with Crippen LogP contribution in [-0.2, 0) is 17.8 Å². The van der Waals surface area contributed by atoms with Crippen molar-refractivity contribution in [2.45, 2.75) is 25.8 Å². The number of carboxylic acid groups (broad SMARTS) is 1. The number of furan rings is 1. The van der Waals surface area contributed by atoms with Gasteiger partial charge in [-0.2, -0.15) is 0 Å². The topological polar surface area (TPSA) is 79.5 Å². The molecule has 2 rings (SSSR count). The molecular formula is C16H15F2NO4. The lowest BCUT2D eigenvalue weighted by atomic mass is 10.1. The Morgan fingerprint density at radius 1 is 1.13 bits per heavy atom. The van der Waals surface area contributed by atoms with E-state index >= 15 is 0 Å². The highest BCUT2D eigenvalue weighted by Crippen LogP contribution is 2.11. The summed E-state index contributed by atoms with van der Waals surface area (Å²) < 4.78 is 30.8. The lowest BCUT2D eigenvalue weighted by Crippen LogP contribution is -2.22. The number of hydrogen-bond donors (Lipinski definition) is 2. The molecule has 1 aromatic heterocycles. The van der Waals surface area contributed by atoms with Gasteiger partial charge in [-0.25, -0.2) is 13.6 Å². The SMILES string of the molecule is O=C(CCCc1ccc(F)c(F)c1)NCc1ccc(C(=O)O)o1. The Bertz CT molecular complexity index is 712. The van der Waals surface area contributed by atoms with E-state index < -0.39 is 17.6 Å². The van der Waals surface area contributed by atoms with Gasteiger partial charge in [0.05, 0.1) is 6.54 Å². The van der Waals surface area contributed by atoms with Gasteiger partial charge in [0.25, 0.3) is 0 Å². The second-order valence-corrected chi connectivity index (χ2v) is 4.95. The van der Waals surface area contributed by atoms with Gasteiger partial charge >= 0.3 is 5.97 Å². The summed E-state index contributed by atoms with van der Waals surface area (Å²) in [4.78, 5) is 22.3. The minimum absolute atomic E-state index is 0.0945. The van der Waals surface area contributed by atoms with Crippen molar-refractivity contribution < 1.29 is 27.9 Å². The van der Waals surface area contributed by atoms with Gasteiger partial charge in [-0.15, -0.1) is 0 Å². The number of benzene rings is 1. The fourth-order valence-corrected chi connectivity index (χ4v) is 2.01.